The normalized spacial score (nSPS) is 13.1. The van der Waals surface area contributed by atoms with Crippen molar-refractivity contribution in [2.45, 2.75) is 13.0 Å². The molecule has 0 aliphatic heterocycles. The van der Waals surface area contributed by atoms with Gasteiger partial charge < -0.3 is 9.52 Å². The fraction of sp³-hybridized carbons (Fsp3) is 0.143. The number of rotatable bonds is 2. The van der Waals surface area contributed by atoms with Gasteiger partial charge in [-0.1, -0.05) is 18.2 Å². The summed E-state index contributed by atoms with van der Waals surface area (Å²) in [4.78, 5) is 0. The van der Waals surface area contributed by atoms with E-state index in [1.807, 2.05) is 48.0 Å². The topological polar surface area (TPSA) is 33.4 Å². The van der Waals surface area contributed by atoms with E-state index < -0.39 is 6.10 Å². The van der Waals surface area contributed by atoms with Crippen molar-refractivity contribution < 1.29 is 9.52 Å². The van der Waals surface area contributed by atoms with Crippen molar-refractivity contribution in [3.05, 3.63) is 58.0 Å². The Morgan fingerprint density at radius 1 is 1.24 bits per heavy atom. The summed E-state index contributed by atoms with van der Waals surface area (Å²) >= 11 is 1.59. The van der Waals surface area contributed by atoms with Crippen molar-refractivity contribution in [3.63, 3.8) is 0 Å². The number of aryl methyl sites for hydroxylation is 1. The Morgan fingerprint density at radius 3 is 2.82 bits per heavy atom. The molecule has 3 heteroatoms. The van der Waals surface area contributed by atoms with Gasteiger partial charge in [0.25, 0.3) is 0 Å². The Labute approximate surface area is 103 Å². The Kier molecular flexibility index (Phi) is 2.50. The maximum atomic E-state index is 10.4. The zero-order valence-corrected chi connectivity index (χ0v) is 10.2. The molecular formula is C14H12O2S. The van der Waals surface area contributed by atoms with Gasteiger partial charge in [-0.05, 0) is 35.4 Å². The van der Waals surface area contributed by atoms with Crippen LogP contribution in [0, 0.1) is 6.92 Å². The van der Waals surface area contributed by atoms with Gasteiger partial charge in [-0.25, -0.2) is 0 Å². The second-order valence-corrected chi connectivity index (χ2v) is 4.81. The smallest absolute Gasteiger partial charge is 0.134 e. The molecule has 0 aliphatic rings. The van der Waals surface area contributed by atoms with Crippen molar-refractivity contribution in [1.29, 1.82) is 0 Å². The first kappa shape index (κ1) is 10.6. The first-order chi connectivity index (χ1) is 8.27. The Bertz CT molecular complexity index is 637. The maximum Gasteiger partial charge on any atom is 0.134 e. The van der Waals surface area contributed by atoms with Gasteiger partial charge >= 0.3 is 0 Å². The van der Waals surface area contributed by atoms with Crippen molar-refractivity contribution in [2.75, 3.05) is 0 Å². The minimum absolute atomic E-state index is 0.607. The van der Waals surface area contributed by atoms with Crippen LogP contribution in [0.1, 0.15) is 23.0 Å². The van der Waals surface area contributed by atoms with E-state index in [1.54, 1.807) is 11.3 Å². The van der Waals surface area contributed by atoms with Crippen molar-refractivity contribution in [2.24, 2.45) is 0 Å². The highest BCUT2D eigenvalue weighted by molar-refractivity contribution is 7.08. The summed E-state index contributed by atoms with van der Waals surface area (Å²) in [6, 6.07) is 9.74. The van der Waals surface area contributed by atoms with Crippen LogP contribution < -0.4 is 0 Å². The molecule has 17 heavy (non-hydrogen) atoms. The molecule has 2 nitrogen and oxygen atoms in total. The molecule has 0 saturated heterocycles. The molecule has 1 unspecified atom stereocenters. The quantitative estimate of drug-likeness (QED) is 0.742. The van der Waals surface area contributed by atoms with E-state index >= 15 is 0 Å². The Hall–Kier alpha value is -1.58. The molecule has 1 atom stereocenters. The lowest BCUT2D eigenvalue weighted by molar-refractivity contribution is 0.220. The first-order valence-electron chi connectivity index (χ1n) is 5.45. The number of thiophene rings is 1. The van der Waals surface area contributed by atoms with Gasteiger partial charge in [0.1, 0.15) is 17.4 Å². The zero-order valence-electron chi connectivity index (χ0n) is 9.38. The maximum absolute atomic E-state index is 10.4. The van der Waals surface area contributed by atoms with Crippen LogP contribution in [0.5, 0.6) is 0 Å². The molecule has 0 bridgehead atoms. The third-order valence-corrected chi connectivity index (χ3v) is 3.65. The van der Waals surface area contributed by atoms with E-state index in [2.05, 4.69) is 0 Å². The zero-order chi connectivity index (χ0) is 11.8. The highest BCUT2D eigenvalue weighted by atomic mass is 32.1. The minimum Gasteiger partial charge on any atom is -0.461 e. The van der Waals surface area contributed by atoms with Crippen LogP contribution in [0.15, 0.2) is 45.5 Å². The Morgan fingerprint density at radius 2 is 2.06 bits per heavy atom. The number of aliphatic hydroxyl groups is 1. The molecule has 0 saturated carbocycles. The van der Waals surface area contributed by atoms with Gasteiger partial charge in [-0.3, -0.25) is 0 Å². The average Bonchev–Trinajstić information content (AvgIpc) is 2.94. The van der Waals surface area contributed by atoms with E-state index in [-0.39, 0.29) is 0 Å². The number of aliphatic hydroxyl groups excluding tert-OH is 1. The lowest BCUT2D eigenvalue weighted by atomic mass is 10.0. The molecule has 86 valence electrons. The van der Waals surface area contributed by atoms with Crippen molar-refractivity contribution in [1.82, 2.24) is 0 Å². The molecule has 0 aliphatic carbocycles. The number of fused-ring (bicyclic) bond motifs is 1. The molecule has 0 amide bonds. The third-order valence-electron chi connectivity index (χ3n) is 2.95. The minimum atomic E-state index is -0.607. The monoisotopic (exact) mass is 244 g/mol. The molecule has 0 spiro atoms. The largest absolute Gasteiger partial charge is 0.461 e. The van der Waals surface area contributed by atoms with E-state index in [0.717, 1.165) is 27.9 Å². The molecule has 1 aromatic carbocycles. The van der Waals surface area contributed by atoms with E-state index in [4.69, 9.17) is 4.42 Å². The number of benzene rings is 1. The molecule has 2 heterocycles. The van der Waals surface area contributed by atoms with Gasteiger partial charge in [0.2, 0.25) is 0 Å². The summed E-state index contributed by atoms with van der Waals surface area (Å²) in [7, 11) is 0. The number of para-hydroxylation sites is 1. The number of hydrogen-bond acceptors (Lipinski definition) is 3. The molecule has 3 aromatic rings. The molecule has 1 N–H and O–H groups in total. The van der Waals surface area contributed by atoms with Crippen LogP contribution in [-0.2, 0) is 0 Å². The second kappa shape index (κ2) is 4.02. The predicted molar refractivity (Wildman–Crippen MR) is 69.3 cm³/mol. The number of furan rings is 1. The van der Waals surface area contributed by atoms with Crippen LogP contribution in [0.3, 0.4) is 0 Å². The van der Waals surface area contributed by atoms with Crippen LogP contribution in [0.25, 0.3) is 11.0 Å². The molecule has 0 radical (unpaired) electrons. The second-order valence-electron chi connectivity index (χ2n) is 4.03. The summed E-state index contributed by atoms with van der Waals surface area (Å²) in [5.74, 6) is 0.782. The molecule has 2 aromatic heterocycles. The van der Waals surface area contributed by atoms with Gasteiger partial charge in [0.05, 0.1) is 0 Å². The summed E-state index contributed by atoms with van der Waals surface area (Å²) < 4.78 is 5.66. The van der Waals surface area contributed by atoms with Gasteiger partial charge in [0, 0.05) is 10.9 Å². The lowest BCUT2D eigenvalue weighted by Gasteiger charge is -2.08. The SMILES string of the molecule is Cc1oc2ccccc2c1C(O)c1ccsc1. The third kappa shape index (κ3) is 1.68. The van der Waals surface area contributed by atoms with Gasteiger partial charge in [-0.15, -0.1) is 0 Å². The predicted octanol–water partition coefficient (Wildman–Crippen LogP) is 3.88. The van der Waals surface area contributed by atoms with Gasteiger partial charge in [0.15, 0.2) is 0 Å². The van der Waals surface area contributed by atoms with Gasteiger partial charge in [-0.2, -0.15) is 11.3 Å². The highest BCUT2D eigenvalue weighted by Gasteiger charge is 2.19. The van der Waals surface area contributed by atoms with Crippen LogP contribution in [0.2, 0.25) is 0 Å². The van der Waals surface area contributed by atoms with Crippen LogP contribution in [-0.4, -0.2) is 5.11 Å². The van der Waals surface area contributed by atoms with Crippen LogP contribution in [0.4, 0.5) is 0 Å². The summed E-state index contributed by atoms with van der Waals surface area (Å²) in [5.41, 5.74) is 2.62. The molecule has 3 rings (SSSR count). The highest BCUT2D eigenvalue weighted by Crippen LogP contribution is 2.34. The molecular weight excluding hydrogens is 232 g/mol. The van der Waals surface area contributed by atoms with Crippen molar-refractivity contribution in [3.8, 4) is 0 Å². The van der Waals surface area contributed by atoms with E-state index in [0.29, 0.717) is 0 Å². The summed E-state index contributed by atoms with van der Waals surface area (Å²) in [5, 5.41) is 15.3. The molecule has 0 fully saturated rings. The fourth-order valence-electron chi connectivity index (χ4n) is 2.12. The lowest BCUT2D eigenvalue weighted by Crippen LogP contribution is -1.98. The standard InChI is InChI=1S/C14H12O2S/c1-9-13(14(15)10-6-7-17-8-10)11-4-2-3-5-12(11)16-9/h2-8,14-15H,1H3. The van der Waals surface area contributed by atoms with E-state index in [1.165, 1.54) is 0 Å². The fourth-order valence-corrected chi connectivity index (χ4v) is 2.80. The first-order valence-corrected chi connectivity index (χ1v) is 6.40. The summed E-state index contributed by atoms with van der Waals surface area (Å²) in [6.45, 7) is 1.89. The summed E-state index contributed by atoms with van der Waals surface area (Å²) in [6.07, 6.45) is -0.607. The van der Waals surface area contributed by atoms with Crippen molar-refractivity contribution >= 4 is 22.3 Å². The Balaban J connectivity index is 2.20. The average molecular weight is 244 g/mol. The van der Waals surface area contributed by atoms with E-state index in [9.17, 15) is 5.11 Å². The van der Waals surface area contributed by atoms with Crippen LogP contribution >= 0.6 is 11.3 Å². The number of hydrogen-bond donors (Lipinski definition) is 1.